The van der Waals surface area contributed by atoms with Crippen LogP contribution in [0.15, 0.2) is 12.5 Å². The highest BCUT2D eigenvalue weighted by Crippen LogP contribution is 2.08. The predicted molar refractivity (Wildman–Crippen MR) is 62.7 cm³/mol. The number of amides is 1. The highest BCUT2D eigenvalue weighted by Gasteiger charge is 2.08. The molecule has 0 aliphatic heterocycles. The second kappa shape index (κ2) is 5.65. The number of hydrogen-bond donors (Lipinski definition) is 2. The summed E-state index contributed by atoms with van der Waals surface area (Å²) in [6, 6.07) is 0.124. The van der Waals surface area contributed by atoms with E-state index in [1.165, 1.54) is 0 Å². The van der Waals surface area contributed by atoms with Gasteiger partial charge in [-0.15, -0.1) is 0 Å². The minimum Gasteiger partial charge on any atom is -0.354 e. The van der Waals surface area contributed by atoms with Gasteiger partial charge in [0.15, 0.2) is 0 Å². The van der Waals surface area contributed by atoms with Crippen molar-refractivity contribution in [3.8, 4) is 0 Å². The van der Waals surface area contributed by atoms with Crippen molar-refractivity contribution < 1.29 is 4.79 Å². The molecule has 0 saturated carbocycles. The van der Waals surface area contributed by atoms with Gasteiger partial charge in [-0.1, -0.05) is 0 Å². The summed E-state index contributed by atoms with van der Waals surface area (Å²) in [6.07, 6.45) is 3.90. The lowest BCUT2D eigenvalue weighted by Crippen LogP contribution is -2.30. The summed E-state index contributed by atoms with van der Waals surface area (Å²) in [5.41, 5.74) is 6.74. The largest absolute Gasteiger partial charge is 0.354 e. The van der Waals surface area contributed by atoms with Gasteiger partial charge in [-0.2, -0.15) is 0 Å². The van der Waals surface area contributed by atoms with Crippen LogP contribution in [0.1, 0.15) is 38.9 Å². The number of hydrogen-bond acceptors (Lipinski definition) is 3. The van der Waals surface area contributed by atoms with Crippen LogP contribution in [0, 0.1) is 0 Å². The van der Waals surface area contributed by atoms with Crippen molar-refractivity contribution in [1.29, 1.82) is 0 Å². The van der Waals surface area contributed by atoms with E-state index in [1.807, 2.05) is 25.3 Å². The molecule has 0 radical (unpaired) electrons. The first-order valence-electron chi connectivity index (χ1n) is 5.55. The summed E-state index contributed by atoms with van der Waals surface area (Å²) in [7, 11) is 0. The average Bonchev–Trinajstić information content (AvgIpc) is 2.61. The molecule has 5 heteroatoms. The molecule has 0 spiro atoms. The number of nitrogens with two attached hydrogens (primary N) is 1. The summed E-state index contributed by atoms with van der Waals surface area (Å²) in [6.45, 7) is 6.42. The Morgan fingerprint density at radius 2 is 2.25 bits per heavy atom. The third kappa shape index (κ3) is 3.66. The van der Waals surface area contributed by atoms with E-state index in [0.29, 0.717) is 13.0 Å². The van der Waals surface area contributed by atoms with Gasteiger partial charge < -0.3 is 15.6 Å². The summed E-state index contributed by atoms with van der Waals surface area (Å²) >= 11 is 0. The Balaban J connectivity index is 2.48. The van der Waals surface area contributed by atoms with Crippen LogP contribution in [0.2, 0.25) is 0 Å². The first kappa shape index (κ1) is 12.7. The topological polar surface area (TPSA) is 72.9 Å². The van der Waals surface area contributed by atoms with Crippen LogP contribution in [-0.4, -0.2) is 21.5 Å². The zero-order valence-electron chi connectivity index (χ0n) is 10.1. The molecule has 1 rings (SSSR count). The lowest BCUT2D eigenvalue weighted by Gasteiger charge is -2.12. The number of aromatic nitrogens is 2. The van der Waals surface area contributed by atoms with Crippen LogP contribution in [0.4, 0.5) is 0 Å². The van der Waals surface area contributed by atoms with Crippen molar-refractivity contribution in [2.45, 2.75) is 45.8 Å². The SMILES string of the molecule is CC(C)NC(=O)CCn1cncc1[C@@H](C)N. The third-order valence-corrected chi connectivity index (χ3v) is 2.24. The van der Waals surface area contributed by atoms with Crippen LogP contribution in [0.3, 0.4) is 0 Å². The number of carbonyl (C=O) groups excluding carboxylic acids is 1. The van der Waals surface area contributed by atoms with Crippen molar-refractivity contribution in [2.24, 2.45) is 5.73 Å². The standard InChI is InChI=1S/C11H20N4O/c1-8(2)14-11(16)4-5-15-7-13-6-10(15)9(3)12/h6-9H,4-5,12H2,1-3H3,(H,14,16)/t9-/m1/s1. The Labute approximate surface area is 96.0 Å². The van der Waals surface area contributed by atoms with Crippen molar-refractivity contribution in [3.63, 3.8) is 0 Å². The predicted octanol–water partition coefficient (Wildman–Crippen LogP) is 0.817. The second-order valence-corrected chi connectivity index (χ2v) is 4.27. The fourth-order valence-electron chi connectivity index (χ4n) is 1.51. The van der Waals surface area contributed by atoms with Crippen LogP contribution in [0.25, 0.3) is 0 Å². The maximum absolute atomic E-state index is 11.5. The Morgan fingerprint density at radius 1 is 1.56 bits per heavy atom. The number of imidazole rings is 1. The Hall–Kier alpha value is -1.36. The molecule has 0 aromatic carbocycles. The molecular weight excluding hydrogens is 204 g/mol. The molecule has 1 aromatic rings. The van der Waals surface area contributed by atoms with Gasteiger partial charge in [0.25, 0.3) is 0 Å². The van der Waals surface area contributed by atoms with Crippen molar-refractivity contribution in [2.75, 3.05) is 0 Å². The van der Waals surface area contributed by atoms with Gasteiger partial charge in [0.05, 0.1) is 12.0 Å². The molecule has 0 aliphatic rings. The van der Waals surface area contributed by atoms with E-state index in [0.717, 1.165) is 5.69 Å². The molecule has 0 fully saturated rings. The first-order chi connectivity index (χ1) is 7.50. The smallest absolute Gasteiger partial charge is 0.221 e. The van der Waals surface area contributed by atoms with Gasteiger partial charge in [-0.05, 0) is 20.8 Å². The molecule has 1 heterocycles. The van der Waals surface area contributed by atoms with Gasteiger partial charge in [0.1, 0.15) is 0 Å². The third-order valence-electron chi connectivity index (χ3n) is 2.24. The molecule has 1 aromatic heterocycles. The second-order valence-electron chi connectivity index (χ2n) is 4.27. The number of nitrogens with one attached hydrogen (secondary N) is 1. The van der Waals surface area contributed by atoms with E-state index in [4.69, 9.17) is 5.73 Å². The van der Waals surface area contributed by atoms with Crippen molar-refractivity contribution in [1.82, 2.24) is 14.9 Å². The molecule has 0 aliphatic carbocycles. The molecule has 1 atom stereocenters. The molecule has 90 valence electrons. The van der Waals surface area contributed by atoms with E-state index >= 15 is 0 Å². The Bertz CT molecular complexity index is 344. The number of nitrogens with zero attached hydrogens (tertiary/aromatic N) is 2. The fourth-order valence-corrected chi connectivity index (χ4v) is 1.51. The lowest BCUT2D eigenvalue weighted by molar-refractivity contribution is -0.121. The molecule has 3 N–H and O–H groups in total. The zero-order chi connectivity index (χ0) is 12.1. The van der Waals surface area contributed by atoms with Crippen LogP contribution >= 0.6 is 0 Å². The molecule has 0 saturated heterocycles. The molecule has 16 heavy (non-hydrogen) atoms. The van der Waals surface area contributed by atoms with Crippen molar-refractivity contribution >= 4 is 5.91 Å². The number of carbonyl (C=O) groups is 1. The number of aryl methyl sites for hydroxylation is 1. The molecule has 5 nitrogen and oxygen atoms in total. The summed E-state index contributed by atoms with van der Waals surface area (Å²) in [4.78, 5) is 15.5. The van der Waals surface area contributed by atoms with Crippen molar-refractivity contribution in [3.05, 3.63) is 18.2 Å². The van der Waals surface area contributed by atoms with Gasteiger partial charge >= 0.3 is 0 Å². The van der Waals surface area contributed by atoms with Gasteiger partial charge in [0.2, 0.25) is 5.91 Å². The first-order valence-corrected chi connectivity index (χ1v) is 5.55. The monoisotopic (exact) mass is 224 g/mol. The van der Waals surface area contributed by atoms with E-state index < -0.39 is 0 Å². The maximum Gasteiger partial charge on any atom is 0.221 e. The molecule has 1 amide bonds. The van der Waals surface area contributed by atoms with Crippen LogP contribution in [-0.2, 0) is 11.3 Å². The maximum atomic E-state index is 11.5. The van der Waals surface area contributed by atoms with Gasteiger partial charge in [-0.3, -0.25) is 4.79 Å². The minimum atomic E-state index is -0.0596. The fraction of sp³-hybridized carbons (Fsp3) is 0.636. The number of rotatable bonds is 5. The van der Waals surface area contributed by atoms with Gasteiger partial charge in [-0.25, -0.2) is 4.98 Å². The van der Waals surface area contributed by atoms with E-state index in [9.17, 15) is 4.79 Å². The summed E-state index contributed by atoms with van der Waals surface area (Å²) < 4.78 is 1.92. The van der Waals surface area contributed by atoms with E-state index in [1.54, 1.807) is 12.5 Å². The quantitative estimate of drug-likeness (QED) is 0.777. The average molecular weight is 224 g/mol. The highest BCUT2D eigenvalue weighted by molar-refractivity contribution is 5.76. The van der Waals surface area contributed by atoms with E-state index in [-0.39, 0.29) is 18.0 Å². The normalized spacial score (nSPS) is 12.8. The molecule has 0 unspecified atom stereocenters. The Morgan fingerprint density at radius 3 is 2.81 bits per heavy atom. The Kier molecular flexibility index (Phi) is 4.49. The van der Waals surface area contributed by atoms with Crippen LogP contribution < -0.4 is 11.1 Å². The van der Waals surface area contributed by atoms with Crippen LogP contribution in [0.5, 0.6) is 0 Å². The lowest BCUT2D eigenvalue weighted by atomic mass is 10.2. The van der Waals surface area contributed by atoms with Gasteiger partial charge in [0, 0.05) is 31.2 Å². The molecular formula is C11H20N4O. The molecule has 0 bridgehead atoms. The minimum absolute atomic E-state index is 0.0549. The summed E-state index contributed by atoms with van der Waals surface area (Å²) in [5.74, 6) is 0.0549. The summed E-state index contributed by atoms with van der Waals surface area (Å²) in [5, 5.41) is 2.85. The van der Waals surface area contributed by atoms with E-state index in [2.05, 4.69) is 10.3 Å². The zero-order valence-corrected chi connectivity index (χ0v) is 10.1. The highest BCUT2D eigenvalue weighted by atomic mass is 16.1.